The van der Waals surface area contributed by atoms with E-state index in [1.165, 1.54) is 12.1 Å². The third kappa shape index (κ3) is 3.99. The summed E-state index contributed by atoms with van der Waals surface area (Å²) in [6.45, 7) is 2.44. The Hall–Kier alpha value is -2.54. The second kappa shape index (κ2) is 6.58. The van der Waals surface area contributed by atoms with Gasteiger partial charge in [-0.15, -0.1) is 0 Å². The highest BCUT2D eigenvalue weighted by atomic mass is 19.1. The average Bonchev–Trinajstić information content (AvgIpc) is 2.42. The summed E-state index contributed by atoms with van der Waals surface area (Å²) in [5, 5.41) is 11.6. The van der Waals surface area contributed by atoms with Crippen molar-refractivity contribution in [1.82, 2.24) is 0 Å². The number of ether oxygens (including phenoxy) is 1. The number of aryl methyl sites for hydroxylation is 1. The maximum absolute atomic E-state index is 13.3. The molecule has 0 aliphatic heterocycles. The maximum Gasteiger partial charge on any atom is 0.174 e. The second-order valence-electron chi connectivity index (χ2n) is 4.47. The molecule has 0 aliphatic carbocycles. The van der Waals surface area contributed by atoms with Gasteiger partial charge in [-0.1, -0.05) is 12.1 Å². The third-order valence-corrected chi connectivity index (χ3v) is 2.74. The van der Waals surface area contributed by atoms with E-state index in [1.807, 2.05) is 37.3 Å². The second-order valence-corrected chi connectivity index (χ2v) is 4.47. The van der Waals surface area contributed by atoms with Crippen LogP contribution >= 0.6 is 0 Å². The van der Waals surface area contributed by atoms with Gasteiger partial charge in [0, 0.05) is 12.2 Å². The Kier molecular flexibility index (Phi) is 4.56. The third-order valence-electron chi connectivity index (χ3n) is 2.74. The maximum atomic E-state index is 13.3. The highest BCUT2D eigenvalue weighted by Gasteiger charge is 2.00. The monoisotopic (exact) mass is 270 g/mol. The fourth-order valence-electron chi connectivity index (χ4n) is 1.90. The lowest BCUT2D eigenvalue weighted by Crippen LogP contribution is -2.01. The van der Waals surface area contributed by atoms with Gasteiger partial charge in [-0.05, 0) is 48.4 Å². The summed E-state index contributed by atoms with van der Waals surface area (Å²) < 4.78 is 18.5. The molecule has 0 amide bonds. The molecule has 4 heteroatoms. The van der Waals surface area contributed by atoms with Crippen LogP contribution in [0.5, 0.6) is 5.75 Å². The van der Waals surface area contributed by atoms with E-state index in [4.69, 9.17) is 10.00 Å². The van der Waals surface area contributed by atoms with Crippen LogP contribution in [0.1, 0.15) is 11.1 Å². The van der Waals surface area contributed by atoms with Crippen molar-refractivity contribution in [2.24, 2.45) is 0 Å². The first-order chi connectivity index (χ1) is 9.67. The topological polar surface area (TPSA) is 45.0 Å². The van der Waals surface area contributed by atoms with E-state index in [2.05, 4.69) is 5.32 Å². The number of benzene rings is 2. The van der Waals surface area contributed by atoms with Crippen LogP contribution in [0.3, 0.4) is 0 Å². The van der Waals surface area contributed by atoms with Crippen LogP contribution in [0.4, 0.5) is 10.1 Å². The van der Waals surface area contributed by atoms with Crippen LogP contribution in [0.25, 0.3) is 0 Å². The van der Waals surface area contributed by atoms with Crippen LogP contribution in [-0.2, 0) is 6.54 Å². The molecule has 0 radical (unpaired) electrons. The van der Waals surface area contributed by atoms with E-state index in [0.717, 1.165) is 16.8 Å². The van der Waals surface area contributed by atoms with Gasteiger partial charge in [-0.25, -0.2) is 4.39 Å². The standard InChI is InChI=1S/C16H15FN2O/c1-12-7-14(17)10-15(8-12)19-11-13-3-2-4-16(9-13)20-6-5-18/h2-4,7-10,19H,6,11H2,1H3. The predicted octanol–water partition coefficient (Wildman–Crippen LogP) is 3.65. The molecule has 0 unspecified atom stereocenters. The van der Waals surface area contributed by atoms with E-state index in [-0.39, 0.29) is 12.4 Å². The zero-order valence-corrected chi connectivity index (χ0v) is 11.2. The van der Waals surface area contributed by atoms with Crippen molar-refractivity contribution in [2.45, 2.75) is 13.5 Å². The number of hydrogen-bond donors (Lipinski definition) is 1. The van der Waals surface area contributed by atoms with Gasteiger partial charge in [0.05, 0.1) is 0 Å². The normalized spacial score (nSPS) is 9.85. The minimum Gasteiger partial charge on any atom is -0.479 e. The van der Waals surface area contributed by atoms with Crippen molar-refractivity contribution in [2.75, 3.05) is 11.9 Å². The molecule has 2 aromatic carbocycles. The number of hydrogen-bond acceptors (Lipinski definition) is 3. The van der Waals surface area contributed by atoms with Crippen LogP contribution in [-0.4, -0.2) is 6.61 Å². The Morgan fingerprint density at radius 1 is 1.25 bits per heavy atom. The number of halogens is 1. The van der Waals surface area contributed by atoms with Crippen LogP contribution in [0.2, 0.25) is 0 Å². The molecule has 0 saturated carbocycles. The van der Waals surface area contributed by atoms with Gasteiger partial charge in [0.2, 0.25) is 0 Å². The first kappa shape index (κ1) is 13.9. The minimum atomic E-state index is -0.251. The van der Waals surface area contributed by atoms with Crippen LogP contribution in [0, 0.1) is 24.1 Å². The van der Waals surface area contributed by atoms with Gasteiger partial charge in [0.15, 0.2) is 6.61 Å². The van der Waals surface area contributed by atoms with Gasteiger partial charge < -0.3 is 10.1 Å². The number of nitrogens with one attached hydrogen (secondary N) is 1. The molecule has 2 rings (SSSR count). The molecule has 0 heterocycles. The quantitative estimate of drug-likeness (QED) is 0.902. The van der Waals surface area contributed by atoms with Crippen molar-refractivity contribution >= 4 is 5.69 Å². The molecule has 0 aliphatic rings. The largest absolute Gasteiger partial charge is 0.479 e. The van der Waals surface area contributed by atoms with E-state index in [1.54, 1.807) is 6.07 Å². The van der Waals surface area contributed by atoms with E-state index < -0.39 is 0 Å². The average molecular weight is 270 g/mol. The van der Waals surface area contributed by atoms with Gasteiger partial charge in [-0.3, -0.25) is 0 Å². The molecule has 1 N–H and O–H groups in total. The number of nitrogens with zero attached hydrogens (tertiary/aromatic N) is 1. The molecule has 0 spiro atoms. The van der Waals surface area contributed by atoms with E-state index >= 15 is 0 Å². The summed E-state index contributed by atoms with van der Waals surface area (Å²) in [5.41, 5.74) is 2.62. The summed E-state index contributed by atoms with van der Waals surface area (Å²) in [4.78, 5) is 0. The Morgan fingerprint density at radius 2 is 2.10 bits per heavy atom. The lowest BCUT2D eigenvalue weighted by molar-refractivity contribution is 0.368. The summed E-state index contributed by atoms with van der Waals surface area (Å²) in [6, 6.07) is 14.2. The summed E-state index contributed by atoms with van der Waals surface area (Å²) in [7, 11) is 0. The SMILES string of the molecule is Cc1cc(F)cc(NCc2cccc(OCC#N)c2)c1. The molecule has 2 aromatic rings. The molecular formula is C16H15FN2O. The van der Waals surface area contributed by atoms with Gasteiger partial charge in [-0.2, -0.15) is 5.26 Å². The van der Waals surface area contributed by atoms with E-state index in [0.29, 0.717) is 12.3 Å². The van der Waals surface area contributed by atoms with Crippen molar-refractivity contribution in [3.8, 4) is 11.8 Å². The predicted molar refractivity (Wildman–Crippen MR) is 76.0 cm³/mol. The number of anilines is 1. The Balaban J connectivity index is 2.01. The molecule has 20 heavy (non-hydrogen) atoms. The first-order valence-electron chi connectivity index (χ1n) is 6.27. The molecule has 0 bridgehead atoms. The van der Waals surface area contributed by atoms with Crippen LogP contribution in [0.15, 0.2) is 42.5 Å². The van der Waals surface area contributed by atoms with Crippen molar-refractivity contribution in [3.63, 3.8) is 0 Å². The smallest absolute Gasteiger partial charge is 0.174 e. The van der Waals surface area contributed by atoms with Crippen molar-refractivity contribution < 1.29 is 9.13 Å². The van der Waals surface area contributed by atoms with Gasteiger partial charge in [0.25, 0.3) is 0 Å². The Morgan fingerprint density at radius 3 is 2.85 bits per heavy atom. The lowest BCUT2D eigenvalue weighted by Gasteiger charge is -2.09. The molecule has 102 valence electrons. The van der Waals surface area contributed by atoms with Gasteiger partial charge in [0.1, 0.15) is 17.6 Å². The fraction of sp³-hybridized carbons (Fsp3) is 0.188. The summed E-state index contributed by atoms with van der Waals surface area (Å²) >= 11 is 0. The zero-order valence-electron chi connectivity index (χ0n) is 11.2. The highest BCUT2D eigenvalue weighted by molar-refractivity contribution is 5.46. The van der Waals surface area contributed by atoms with Crippen LogP contribution < -0.4 is 10.1 Å². The summed E-state index contributed by atoms with van der Waals surface area (Å²) in [6.07, 6.45) is 0. The van der Waals surface area contributed by atoms with E-state index in [9.17, 15) is 4.39 Å². The first-order valence-corrected chi connectivity index (χ1v) is 6.27. The molecule has 3 nitrogen and oxygen atoms in total. The lowest BCUT2D eigenvalue weighted by atomic mass is 10.2. The summed E-state index contributed by atoms with van der Waals surface area (Å²) in [5.74, 6) is 0.403. The molecule has 0 atom stereocenters. The highest BCUT2D eigenvalue weighted by Crippen LogP contribution is 2.17. The molecular weight excluding hydrogens is 255 g/mol. The Bertz CT molecular complexity index is 614. The molecule has 0 fully saturated rings. The zero-order chi connectivity index (χ0) is 14.4. The number of rotatable bonds is 5. The number of nitriles is 1. The van der Waals surface area contributed by atoms with Crippen molar-refractivity contribution in [1.29, 1.82) is 5.26 Å². The molecule has 0 aromatic heterocycles. The van der Waals surface area contributed by atoms with Gasteiger partial charge >= 0.3 is 0 Å². The Labute approximate surface area is 117 Å². The fourth-order valence-corrected chi connectivity index (χ4v) is 1.90. The minimum absolute atomic E-state index is 0.0278. The molecule has 0 saturated heterocycles. The van der Waals surface area contributed by atoms with Crippen molar-refractivity contribution in [3.05, 3.63) is 59.4 Å².